The molecule has 0 bridgehead atoms. The standard InChI is InChI=1S/C23H19FN2O4S/c24-21-25-19(12-31-21)23(9-13(10-23)20(27)28)26-22(29)30-11-18-16-7-3-1-5-14(16)15-6-2-4-8-17(15)18/h1-8,12-13,18H,9-11H2,(H,26,29)(H,27,28). The van der Waals surface area contributed by atoms with Gasteiger partial charge in [-0.25, -0.2) is 9.78 Å². The summed E-state index contributed by atoms with van der Waals surface area (Å²) in [6.07, 6.45) is -0.370. The maximum atomic E-state index is 13.5. The number of amides is 1. The lowest BCUT2D eigenvalue weighted by atomic mass is 9.66. The quantitative estimate of drug-likeness (QED) is 0.612. The minimum Gasteiger partial charge on any atom is -0.481 e. The molecule has 158 valence electrons. The molecule has 0 spiro atoms. The van der Waals surface area contributed by atoms with E-state index < -0.39 is 28.8 Å². The summed E-state index contributed by atoms with van der Waals surface area (Å²) in [5, 5.41) is 12.9. The van der Waals surface area contributed by atoms with Gasteiger partial charge in [-0.3, -0.25) is 4.79 Å². The van der Waals surface area contributed by atoms with Crippen molar-refractivity contribution < 1.29 is 23.8 Å². The molecule has 6 nitrogen and oxygen atoms in total. The molecule has 2 N–H and O–H groups in total. The number of fused-ring (bicyclic) bond motifs is 3. The molecule has 2 aromatic carbocycles. The number of hydrogen-bond acceptors (Lipinski definition) is 5. The van der Waals surface area contributed by atoms with E-state index in [4.69, 9.17) is 4.74 Å². The van der Waals surface area contributed by atoms with E-state index in [1.807, 2.05) is 36.4 Å². The summed E-state index contributed by atoms with van der Waals surface area (Å²) in [6.45, 7) is 0.143. The SMILES string of the molecule is O=C(NC1(c2csc(F)n2)CC(C(=O)O)C1)OCC1c2ccccc2-c2ccccc21. The molecule has 2 aliphatic rings. The van der Waals surface area contributed by atoms with E-state index in [1.165, 1.54) is 5.38 Å². The maximum absolute atomic E-state index is 13.5. The molecule has 0 radical (unpaired) electrons. The number of thiazole rings is 1. The zero-order valence-electron chi connectivity index (χ0n) is 16.4. The first-order chi connectivity index (χ1) is 15.0. The van der Waals surface area contributed by atoms with E-state index in [2.05, 4.69) is 22.4 Å². The average molecular weight is 438 g/mol. The van der Waals surface area contributed by atoms with Gasteiger partial charge >= 0.3 is 12.1 Å². The molecule has 1 aromatic heterocycles. The second kappa shape index (κ2) is 7.46. The lowest BCUT2D eigenvalue weighted by Crippen LogP contribution is -2.56. The van der Waals surface area contributed by atoms with Crippen LogP contribution >= 0.6 is 11.3 Å². The zero-order chi connectivity index (χ0) is 21.6. The van der Waals surface area contributed by atoms with E-state index in [0.717, 1.165) is 33.6 Å². The van der Waals surface area contributed by atoms with Crippen LogP contribution in [0, 0.1) is 11.2 Å². The highest BCUT2D eigenvalue weighted by molar-refractivity contribution is 7.08. The molecule has 8 heteroatoms. The van der Waals surface area contributed by atoms with Gasteiger partial charge in [-0.2, -0.15) is 4.39 Å². The Kier molecular flexibility index (Phi) is 4.74. The number of aromatic nitrogens is 1. The third kappa shape index (κ3) is 3.37. The van der Waals surface area contributed by atoms with Crippen LogP contribution in [0.4, 0.5) is 9.18 Å². The number of carboxylic acids is 1. The van der Waals surface area contributed by atoms with Gasteiger partial charge in [-0.1, -0.05) is 59.9 Å². The van der Waals surface area contributed by atoms with Crippen LogP contribution in [0.15, 0.2) is 53.9 Å². The van der Waals surface area contributed by atoms with Crippen molar-refractivity contribution >= 4 is 23.4 Å². The highest BCUT2D eigenvalue weighted by Crippen LogP contribution is 2.47. The van der Waals surface area contributed by atoms with Crippen molar-refractivity contribution in [1.82, 2.24) is 10.3 Å². The molecule has 0 saturated heterocycles. The Morgan fingerprint density at radius 1 is 1.13 bits per heavy atom. The van der Waals surface area contributed by atoms with Crippen molar-refractivity contribution in [3.63, 3.8) is 0 Å². The number of halogens is 1. The van der Waals surface area contributed by atoms with Crippen molar-refractivity contribution in [3.05, 3.63) is 76.0 Å². The van der Waals surface area contributed by atoms with Crippen molar-refractivity contribution in [2.75, 3.05) is 6.61 Å². The highest BCUT2D eigenvalue weighted by atomic mass is 32.1. The van der Waals surface area contributed by atoms with Crippen molar-refractivity contribution in [2.45, 2.75) is 24.3 Å². The number of carbonyl (C=O) groups excluding carboxylic acids is 1. The maximum Gasteiger partial charge on any atom is 0.407 e. The van der Waals surface area contributed by atoms with Crippen molar-refractivity contribution in [2.24, 2.45) is 5.92 Å². The molecule has 2 aliphatic carbocycles. The predicted octanol–water partition coefficient (Wildman–Crippen LogP) is 4.51. The summed E-state index contributed by atoms with van der Waals surface area (Å²) in [5.74, 6) is -1.64. The Hall–Kier alpha value is -3.26. The number of nitrogens with one attached hydrogen (secondary N) is 1. The summed E-state index contributed by atoms with van der Waals surface area (Å²) < 4.78 is 19.1. The molecule has 1 saturated carbocycles. The van der Waals surface area contributed by atoms with Gasteiger partial charge in [0.25, 0.3) is 5.26 Å². The zero-order valence-corrected chi connectivity index (χ0v) is 17.2. The largest absolute Gasteiger partial charge is 0.481 e. The van der Waals surface area contributed by atoms with E-state index in [1.54, 1.807) is 0 Å². The molecule has 1 amide bonds. The number of ether oxygens (including phenoxy) is 1. The Balaban J connectivity index is 1.32. The molecule has 0 aliphatic heterocycles. The summed E-state index contributed by atoms with van der Waals surface area (Å²) >= 11 is 0.818. The van der Waals surface area contributed by atoms with Crippen LogP contribution in [-0.4, -0.2) is 28.8 Å². The fourth-order valence-electron chi connectivity index (χ4n) is 4.63. The second-order valence-corrected chi connectivity index (χ2v) is 8.77. The van der Waals surface area contributed by atoms with Gasteiger partial charge in [-0.15, -0.1) is 0 Å². The topological polar surface area (TPSA) is 88.5 Å². The third-order valence-corrected chi connectivity index (χ3v) is 6.82. The molecule has 1 heterocycles. The van der Waals surface area contributed by atoms with Crippen molar-refractivity contribution in [3.8, 4) is 11.1 Å². The van der Waals surface area contributed by atoms with E-state index in [9.17, 15) is 19.1 Å². The van der Waals surface area contributed by atoms with E-state index >= 15 is 0 Å². The van der Waals surface area contributed by atoms with Crippen LogP contribution in [0.3, 0.4) is 0 Å². The van der Waals surface area contributed by atoms with Crippen LogP contribution in [0.2, 0.25) is 0 Å². The molecular formula is C23H19FN2O4S. The normalized spacial score (nSPS) is 21.6. The number of nitrogens with zero attached hydrogens (tertiary/aromatic N) is 1. The number of alkyl carbamates (subject to hydrolysis) is 1. The lowest BCUT2D eigenvalue weighted by molar-refractivity contribution is -0.148. The smallest absolute Gasteiger partial charge is 0.407 e. The van der Waals surface area contributed by atoms with Gasteiger partial charge in [0.1, 0.15) is 6.61 Å². The third-order valence-electron chi connectivity index (χ3n) is 6.19. The van der Waals surface area contributed by atoms with Gasteiger partial charge in [0.2, 0.25) is 0 Å². The summed E-state index contributed by atoms with van der Waals surface area (Å²) in [6, 6.07) is 16.1. The number of carbonyl (C=O) groups is 2. The van der Waals surface area contributed by atoms with Crippen LogP contribution < -0.4 is 5.32 Å². The first kappa shape index (κ1) is 19.7. The summed E-state index contributed by atoms with van der Waals surface area (Å²) in [7, 11) is 0. The Labute approximate surface area is 181 Å². The van der Waals surface area contributed by atoms with Gasteiger partial charge in [-0.05, 0) is 35.1 Å². The molecule has 3 aromatic rings. The van der Waals surface area contributed by atoms with Crippen LogP contribution in [0.5, 0.6) is 0 Å². The molecule has 5 rings (SSSR count). The fraction of sp³-hybridized carbons (Fsp3) is 0.261. The van der Waals surface area contributed by atoms with E-state index in [0.29, 0.717) is 5.69 Å². The van der Waals surface area contributed by atoms with Gasteiger partial charge in [0.05, 0.1) is 17.2 Å². The van der Waals surface area contributed by atoms with Crippen LogP contribution in [0.25, 0.3) is 11.1 Å². The average Bonchev–Trinajstić information content (AvgIpc) is 3.30. The van der Waals surface area contributed by atoms with Gasteiger partial charge in [0, 0.05) is 11.3 Å². The fourth-order valence-corrected chi connectivity index (χ4v) is 5.27. The Morgan fingerprint density at radius 3 is 2.29 bits per heavy atom. The van der Waals surface area contributed by atoms with Gasteiger partial charge < -0.3 is 15.2 Å². The monoisotopic (exact) mass is 438 g/mol. The molecule has 31 heavy (non-hydrogen) atoms. The molecule has 1 fully saturated rings. The number of rotatable bonds is 5. The van der Waals surface area contributed by atoms with Gasteiger partial charge in [0.15, 0.2) is 0 Å². The number of hydrogen-bond donors (Lipinski definition) is 2. The molecule has 0 atom stereocenters. The minimum atomic E-state index is -1.02. The summed E-state index contributed by atoms with van der Waals surface area (Å²) in [5.41, 5.74) is 3.77. The Bertz CT molecular complexity index is 1130. The first-order valence-electron chi connectivity index (χ1n) is 9.94. The van der Waals surface area contributed by atoms with E-state index in [-0.39, 0.29) is 25.4 Å². The number of aliphatic carboxylic acids is 1. The highest BCUT2D eigenvalue weighted by Gasteiger charge is 2.51. The molecule has 0 unspecified atom stereocenters. The first-order valence-corrected chi connectivity index (χ1v) is 10.8. The number of carboxylic acid groups (broad SMARTS) is 1. The predicted molar refractivity (Wildman–Crippen MR) is 112 cm³/mol. The number of benzene rings is 2. The molecular weight excluding hydrogens is 419 g/mol. The van der Waals surface area contributed by atoms with Crippen molar-refractivity contribution in [1.29, 1.82) is 0 Å². The van der Waals surface area contributed by atoms with Crippen LogP contribution in [-0.2, 0) is 15.1 Å². The second-order valence-electron chi connectivity index (χ2n) is 7.96. The Morgan fingerprint density at radius 2 is 1.74 bits per heavy atom. The lowest BCUT2D eigenvalue weighted by Gasteiger charge is -2.44. The minimum absolute atomic E-state index is 0.0843. The summed E-state index contributed by atoms with van der Waals surface area (Å²) in [4.78, 5) is 27.8. The van der Waals surface area contributed by atoms with Crippen LogP contribution in [0.1, 0.15) is 35.6 Å².